The van der Waals surface area contributed by atoms with E-state index < -0.39 is 0 Å². The summed E-state index contributed by atoms with van der Waals surface area (Å²) in [6, 6.07) is 15.1. The Morgan fingerprint density at radius 1 is 1.12 bits per heavy atom. The zero-order valence-electron chi connectivity index (χ0n) is 15.7. The summed E-state index contributed by atoms with van der Waals surface area (Å²) >= 11 is 0. The molecule has 0 unspecified atom stereocenters. The van der Waals surface area contributed by atoms with E-state index in [1.54, 1.807) is 0 Å². The molecule has 0 atom stereocenters. The van der Waals surface area contributed by atoms with Crippen LogP contribution in [0.25, 0.3) is 0 Å². The summed E-state index contributed by atoms with van der Waals surface area (Å²) in [7, 11) is 1.83. The number of aromatic nitrogens is 1. The average molecular weight is 464 g/mol. The minimum atomic E-state index is 0. The molecule has 2 N–H and O–H groups in total. The predicted molar refractivity (Wildman–Crippen MR) is 119 cm³/mol. The molecule has 1 aromatic heterocycles. The zero-order valence-corrected chi connectivity index (χ0v) is 18.0. The maximum Gasteiger partial charge on any atom is 0.191 e. The molecule has 0 spiro atoms. The number of hydrogen-bond acceptors (Lipinski definition) is 2. The third-order valence-corrected chi connectivity index (χ3v) is 5.19. The number of nitrogens with one attached hydrogen (secondary N) is 2. The molecule has 1 aliphatic rings. The van der Waals surface area contributed by atoms with E-state index in [4.69, 9.17) is 0 Å². The van der Waals surface area contributed by atoms with E-state index in [0.717, 1.165) is 31.2 Å². The van der Waals surface area contributed by atoms with Crippen LogP contribution in [-0.4, -0.2) is 31.1 Å². The normalized spacial score (nSPS) is 15.5. The van der Waals surface area contributed by atoms with E-state index in [2.05, 4.69) is 63.1 Å². The molecule has 0 radical (unpaired) electrons. The minimum Gasteiger partial charge on any atom is -0.356 e. The Labute approximate surface area is 173 Å². The first kappa shape index (κ1) is 20.7. The van der Waals surface area contributed by atoms with Crippen LogP contribution in [0.1, 0.15) is 36.1 Å². The summed E-state index contributed by atoms with van der Waals surface area (Å²) in [4.78, 5) is 8.71. The number of guanidine groups is 1. The summed E-state index contributed by atoms with van der Waals surface area (Å²) in [6.45, 7) is 3.79. The molecular formula is C21H29IN4. The summed E-state index contributed by atoms with van der Waals surface area (Å²) in [5.41, 5.74) is 4.00. The highest BCUT2D eigenvalue weighted by atomic mass is 127. The van der Waals surface area contributed by atoms with Gasteiger partial charge in [-0.1, -0.05) is 42.8 Å². The highest BCUT2D eigenvalue weighted by Crippen LogP contribution is 2.43. The van der Waals surface area contributed by atoms with Crippen LogP contribution in [0.4, 0.5) is 0 Å². The molecule has 1 aromatic carbocycles. The van der Waals surface area contributed by atoms with Crippen molar-refractivity contribution in [1.29, 1.82) is 0 Å². The van der Waals surface area contributed by atoms with Crippen LogP contribution in [0.15, 0.2) is 53.7 Å². The van der Waals surface area contributed by atoms with Gasteiger partial charge < -0.3 is 10.6 Å². The Bertz CT molecular complexity index is 694. The smallest absolute Gasteiger partial charge is 0.191 e. The lowest BCUT2D eigenvalue weighted by Gasteiger charge is -2.43. The van der Waals surface area contributed by atoms with Crippen molar-refractivity contribution < 1.29 is 0 Å². The van der Waals surface area contributed by atoms with Gasteiger partial charge in [0.2, 0.25) is 0 Å². The van der Waals surface area contributed by atoms with Crippen molar-refractivity contribution >= 4 is 29.9 Å². The van der Waals surface area contributed by atoms with Gasteiger partial charge in [0.15, 0.2) is 5.96 Å². The lowest BCUT2D eigenvalue weighted by atomic mass is 9.64. The highest BCUT2D eigenvalue weighted by molar-refractivity contribution is 14.0. The summed E-state index contributed by atoms with van der Waals surface area (Å²) in [6.07, 6.45) is 6.69. The standard InChI is InChI=1S/C21H28N4.HI/c1-17-9-10-18(15-24-17)11-14-23-20(22-2)25-16-21(12-6-13-21)19-7-4-3-5-8-19;/h3-5,7-10,15H,6,11-14,16H2,1-2H3,(H2,22,23,25);1H. The van der Waals surface area contributed by atoms with Crippen molar-refractivity contribution in [1.82, 2.24) is 15.6 Å². The van der Waals surface area contributed by atoms with Gasteiger partial charge in [-0.15, -0.1) is 24.0 Å². The maximum absolute atomic E-state index is 4.37. The highest BCUT2D eigenvalue weighted by Gasteiger charge is 2.38. The van der Waals surface area contributed by atoms with Gasteiger partial charge in [0.1, 0.15) is 0 Å². The lowest BCUT2D eigenvalue weighted by molar-refractivity contribution is 0.244. The molecule has 26 heavy (non-hydrogen) atoms. The second-order valence-electron chi connectivity index (χ2n) is 6.91. The fourth-order valence-electron chi connectivity index (χ4n) is 3.41. The van der Waals surface area contributed by atoms with Gasteiger partial charge in [-0.05, 0) is 43.4 Å². The van der Waals surface area contributed by atoms with Crippen molar-refractivity contribution in [2.75, 3.05) is 20.1 Å². The number of aliphatic imine (C=N–C) groups is 1. The van der Waals surface area contributed by atoms with Crippen LogP contribution in [-0.2, 0) is 11.8 Å². The fraction of sp³-hybridized carbons (Fsp3) is 0.429. The van der Waals surface area contributed by atoms with Crippen molar-refractivity contribution in [3.05, 3.63) is 65.5 Å². The molecule has 140 valence electrons. The summed E-state index contributed by atoms with van der Waals surface area (Å²) in [5, 5.41) is 6.95. The topological polar surface area (TPSA) is 49.3 Å². The Kier molecular flexibility index (Phi) is 7.87. The second-order valence-corrected chi connectivity index (χ2v) is 6.91. The first-order valence-electron chi connectivity index (χ1n) is 9.13. The van der Waals surface area contributed by atoms with Crippen molar-refractivity contribution in [3.8, 4) is 0 Å². The molecule has 0 aliphatic heterocycles. The van der Waals surface area contributed by atoms with Gasteiger partial charge in [-0.25, -0.2) is 0 Å². The van der Waals surface area contributed by atoms with Crippen molar-refractivity contribution in [2.45, 2.75) is 38.0 Å². The quantitative estimate of drug-likeness (QED) is 0.388. The minimum absolute atomic E-state index is 0. The van der Waals surface area contributed by atoms with Gasteiger partial charge in [0.25, 0.3) is 0 Å². The number of hydrogen-bond donors (Lipinski definition) is 2. The average Bonchev–Trinajstić information content (AvgIpc) is 2.62. The van der Waals surface area contributed by atoms with E-state index in [0.29, 0.717) is 0 Å². The second kappa shape index (κ2) is 9.90. The van der Waals surface area contributed by atoms with Crippen LogP contribution < -0.4 is 10.6 Å². The van der Waals surface area contributed by atoms with E-state index in [9.17, 15) is 0 Å². The molecule has 0 bridgehead atoms. The zero-order chi connectivity index (χ0) is 17.5. The number of aryl methyl sites for hydroxylation is 1. The monoisotopic (exact) mass is 464 g/mol. The predicted octanol–water partition coefficient (Wildman–Crippen LogP) is 3.84. The van der Waals surface area contributed by atoms with Gasteiger partial charge in [-0.3, -0.25) is 9.98 Å². The maximum atomic E-state index is 4.37. The number of halogens is 1. The summed E-state index contributed by atoms with van der Waals surface area (Å²) in [5.74, 6) is 0.877. The van der Waals surface area contributed by atoms with Gasteiger partial charge in [0.05, 0.1) is 0 Å². The van der Waals surface area contributed by atoms with Crippen molar-refractivity contribution in [2.24, 2.45) is 4.99 Å². The largest absolute Gasteiger partial charge is 0.356 e. The Morgan fingerprint density at radius 3 is 2.46 bits per heavy atom. The molecule has 0 amide bonds. The molecular weight excluding hydrogens is 435 g/mol. The Balaban J connectivity index is 0.00000243. The SMILES string of the molecule is CN=C(NCCc1ccc(C)nc1)NCC1(c2ccccc2)CCC1.I. The van der Waals surface area contributed by atoms with Crippen LogP contribution >= 0.6 is 24.0 Å². The Hall–Kier alpha value is -1.63. The molecule has 4 nitrogen and oxygen atoms in total. The van der Waals surface area contributed by atoms with Crippen LogP contribution in [0.3, 0.4) is 0 Å². The van der Waals surface area contributed by atoms with E-state index in [1.807, 2.05) is 20.2 Å². The molecule has 2 aromatic rings. The van der Waals surface area contributed by atoms with E-state index in [1.165, 1.54) is 30.4 Å². The fourth-order valence-corrected chi connectivity index (χ4v) is 3.41. The van der Waals surface area contributed by atoms with Crippen molar-refractivity contribution in [3.63, 3.8) is 0 Å². The molecule has 5 heteroatoms. The first-order valence-corrected chi connectivity index (χ1v) is 9.13. The molecule has 1 heterocycles. The van der Waals surface area contributed by atoms with E-state index in [-0.39, 0.29) is 29.4 Å². The number of pyridine rings is 1. The lowest BCUT2D eigenvalue weighted by Crippen LogP contribution is -2.49. The third-order valence-electron chi connectivity index (χ3n) is 5.19. The Morgan fingerprint density at radius 2 is 1.88 bits per heavy atom. The van der Waals surface area contributed by atoms with E-state index >= 15 is 0 Å². The first-order chi connectivity index (χ1) is 12.2. The molecule has 1 fully saturated rings. The molecule has 1 saturated carbocycles. The van der Waals surface area contributed by atoms with Crippen LogP contribution in [0.2, 0.25) is 0 Å². The number of rotatable bonds is 6. The summed E-state index contributed by atoms with van der Waals surface area (Å²) < 4.78 is 0. The van der Waals surface area contributed by atoms with Gasteiger partial charge in [0, 0.05) is 37.4 Å². The molecule has 3 rings (SSSR count). The van der Waals surface area contributed by atoms with Crippen LogP contribution in [0, 0.1) is 6.92 Å². The molecule has 0 saturated heterocycles. The number of benzene rings is 1. The van der Waals surface area contributed by atoms with Gasteiger partial charge >= 0.3 is 0 Å². The van der Waals surface area contributed by atoms with Gasteiger partial charge in [-0.2, -0.15) is 0 Å². The third kappa shape index (κ3) is 5.19. The van der Waals surface area contributed by atoms with Crippen LogP contribution in [0.5, 0.6) is 0 Å². The molecule has 1 aliphatic carbocycles. The number of nitrogens with zero attached hydrogens (tertiary/aromatic N) is 2.